The molecule has 0 saturated carbocycles. The van der Waals surface area contributed by atoms with Gasteiger partial charge in [-0.1, -0.05) is 36.4 Å². The molecule has 24 heavy (non-hydrogen) atoms. The number of nitrogens with one attached hydrogen (secondary N) is 1. The number of nitrogens with zero attached hydrogens (tertiary/aromatic N) is 1. The Kier molecular flexibility index (Phi) is 5.75. The number of hydrogen-bond acceptors (Lipinski definition) is 3. The smallest absolute Gasteiger partial charge is 0.262 e. The van der Waals surface area contributed by atoms with E-state index in [0.717, 1.165) is 22.4 Å². The van der Waals surface area contributed by atoms with Crippen molar-refractivity contribution in [2.24, 2.45) is 0 Å². The van der Waals surface area contributed by atoms with Crippen LogP contribution < -0.4 is 10.1 Å². The molecule has 0 aliphatic heterocycles. The first-order valence-electron chi connectivity index (χ1n) is 7.67. The summed E-state index contributed by atoms with van der Waals surface area (Å²) in [5, 5.41) is 12.2. The molecule has 0 saturated heterocycles. The van der Waals surface area contributed by atoms with Crippen LogP contribution in [0.1, 0.15) is 29.7 Å². The summed E-state index contributed by atoms with van der Waals surface area (Å²) in [6.07, 6.45) is 1.58. The van der Waals surface area contributed by atoms with E-state index >= 15 is 0 Å². The van der Waals surface area contributed by atoms with Gasteiger partial charge in [-0.2, -0.15) is 5.26 Å². The number of nitriles is 1. The molecule has 2 rings (SSSR count). The van der Waals surface area contributed by atoms with Crippen LogP contribution in [-0.4, -0.2) is 13.0 Å². The molecule has 0 spiro atoms. The maximum absolute atomic E-state index is 12.3. The number of amides is 1. The van der Waals surface area contributed by atoms with Gasteiger partial charge < -0.3 is 10.1 Å². The molecule has 0 aliphatic rings. The Labute approximate surface area is 142 Å². The van der Waals surface area contributed by atoms with E-state index in [-0.39, 0.29) is 17.5 Å². The third-order valence-corrected chi connectivity index (χ3v) is 3.74. The van der Waals surface area contributed by atoms with Crippen LogP contribution in [-0.2, 0) is 4.79 Å². The van der Waals surface area contributed by atoms with E-state index in [0.29, 0.717) is 0 Å². The Bertz CT molecular complexity index is 789. The average Bonchev–Trinajstić information content (AvgIpc) is 2.60. The number of aryl methyl sites for hydroxylation is 1. The molecule has 0 heterocycles. The van der Waals surface area contributed by atoms with Gasteiger partial charge in [0.1, 0.15) is 17.4 Å². The summed E-state index contributed by atoms with van der Waals surface area (Å²) >= 11 is 0. The SMILES string of the molecule is COc1ccc(/C=C(\C#N)C(=O)N[C@H](C)c2ccccc2)cc1C. The molecule has 1 atom stereocenters. The Morgan fingerprint density at radius 2 is 1.96 bits per heavy atom. The van der Waals surface area contributed by atoms with Crippen LogP contribution >= 0.6 is 0 Å². The number of carbonyl (C=O) groups is 1. The van der Waals surface area contributed by atoms with Gasteiger partial charge in [0.15, 0.2) is 0 Å². The van der Waals surface area contributed by atoms with Gasteiger partial charge in [-0.25, -0.2) is 0 Å². The minimum Gasteiger partial charge on any atom is -0.496 e. The molecule has 0 bridgehead atoms. The lowest BCUT2D eigenvalue weighted by Gasteiger charge is -2.13. The minimum absolute atomic E-state index is 0.0716. The van der Waals surface area contributed by atoms with E-state index < -0.39 is 0 Å². The Morgan fingerprint density at radius 1 is 1.25 bits per heavy atom. The van der Waals surface area contributed by atoms with Gasteiger partial charge in [0.2, 0.25) is 0 Å². The fraction of sp³-hybridized carbons (Fsp3) is 0.200. The second kappa shape index (κ2) is 7.98. The quantitative estimate of drug-likeness (QED) is 0.673. The normalized spacial score (nSPS) is 12.2. The van der Waals surface area contributed by atoms with Gasteiger partial charge in [-0.3, -0.25) is 4.79 Å². The lowest BCUT2D eigenvalue weighted by molar-refractivity contribution is -0.117. The van der Waals surface area contributed by atoms with Gasteiger partial charge >= 0.3 is 0 Å². The lowest BCUT2D eigenvalue weighted by atomic mass is 10.1. The Morgan fingerprint density at radius 3 is 2.54 bits per heavy atom. The first-order chi connectivity index (χ1) is 11.5. The summed E-state index contributed by atoms with van der Waals surface area (Å²) in [4.78, 5) is 12.3. The fourth-order valence-electron chi connectivity index (χ4n) is 2.41. The monoisotopic (exact) mass is 320 g/mol. The molecular weight excluding hydrogens is 300 g/mol. The van der Waals surface area contributed by atoms with Gasteiger partial charge in [0.25, 0.3) is 5.91 Å². The topological polar surface area (TPSA) is 62.1 Å². The van der Waals surface area contributed by atoms with Crippen molar-refractivity contribution >= 4 is 12.0 Å². The summed E-state index contributed by atoms with van der Waals surface area (Å²) in [6, 6.07) is 16.9. The molecule has 0 aliphatic carbocycles. The predicted molar refractivity (Wildman–Crippen MR) is 94.3 cm³/mol. The van der Waals surface area contributed by atoms with Crippen LogP contribution in [0.5, 0.6) is 5.75 Å². The molecule has 4 heteroatoms. The third-order valence-electron chi connectivity index (χ3n) is 3.74. The zero-order valence-electron chi connectivity index (χ0n) is 14.0. The van der Waals surface area contributed by atoms with Crippen LogP contribution in [0.15, 0.2) is 54.1 Å². The molecule has 4 nitrogen and oxygen atoms in total. The average molecular weight is 320 g/mol. The standard InChI is InChI=1S/C20H20N2O2/c1-14-11-16(9-10-19(14)24-3)12-18(13-21)20(23)22-15(2)17-7-5-4-6-8-17/h4-12,15H,1-3H3,(H,22,23)/b18-12+/t15-/m1/s1. The summed E-state index contributed by atoms with van der Waals surface area (Å²) in [7, 11) is 1.61. The van der Waals surface area contributed by atoms with Crippen molar-refractivity contribution in [3.05, 3.63) is 70.8 Å². The molecule has 1 amide bonds. The van der Waals surface area contributed by atoms with E-state index in [9.17, 15) is 10.1 Å². The van der Waals surface area contributed by atoms with E-state index in [2.05, 4.69) is 5.32 Å². The number of benzene rings is 2. The van der Waals surface area contributed by atoms with Crippen molar-refractivity contribution in [3.63, 3.8) is 0 Å². The van der Waals surface area contributed by atoms with Gasteiger partial charge in [-0.05, 0) is 48.7 Å². The summed E-state index contributed by atoms with van der Waals surface area (Å²) in [5.74, 6) is 0.384. The molecule has 2 aromatic carbocycles. The minimum atomic E-state index is -0.387. The van der Waals surface area contributed by atoms with E-state index in [4.69, 9.17) is 4.74 Å². The Balaban J connectivity index is 2.17. The number of methoxy groups -OCH3 is 1. The number of carbonyl (C=O) groups excluding carboxylic acids is 1. The molecule has 0 aromatic heterocycles. The summed E-state index contributed by atoms with van der Waals surface area (Å²) < 4.78 is 5.22. The number of ether oxygens (including phenoxy) is 1. The van der Waals surface area contributed by atoms with Crippen molar-refractivity contribution in [3.8, 4) is 11.8 Å². The second-order valence-corrected chi connectivity index (χ2v) is 5.50. The third kappa shape index (κ3) is 4.23. The first kappa shape index (κ1) is 17.3. The zero-order chi connectivity index (χ0) is 17.5. The molecule has 0 fully saturated rings. The first-order valence-corrected chi connectivity index (χ1v) is 7.67. The van der Waals surface area contributed by atoms with Crippen molar-refractivity contribution in [1.82, 2.24) is 5.32 Å². The highest BCUT2D eigenvalue weighted by atomic mass is 16.5. The van der Waals surface area contributed by atoms with E-state index in [1.807, 2.05) is 68.4 Å². The second-order valence-electron chi connectivity index (χ2n) is 5.50. The molecule has 2 aromatic rings. The highest BCUT2D eigenvalue weighted by Gasteiger charge is 2.13. The molecule has 1 N–H and O–H groups in total. The van der Waals surface area contributed by atoms with Crippen molar-refractivity contribution in [1.29, 1.82) is 5.26 Å². The van der Waals surface area contributed by atoms with Gasteiger partial charge in [0, 0.05) is 0 Å². The van der Waals surface area contributed by atoms with Crippen molar-refractivity contribution in [2.75, 3.05) is 7.11 Å². The largest absolute Gasteiger partial charge is 0.496 e. The summed E-state index contributed by atoms with van der Waals surface area (Å²) in [5.41, 5.74) is 2.79. The highest BCUT2D eigenvalue weighted by Crippen LogP contribution is 2.20. The van der Waals surface area contributed by atoms with Crippen LogP contribution in [0.2, 0.25) is 0 Å². The van der Waals surface area contributed by atoms with Crippen LogP contribution in [0, 0.1) is 18.3 Å². The van der Waals surface area contributed by atoms with Crippen molar-refractivity contribution in [2.45, 2.75) is 19.9 Å². The van der Waals surface area contributed by atoms with Gasteiger partial charge in [-0.15, -0.1) is 0 Å². The zero-order valence-corrected chi connectivity index (χ0v) is 14.0. The molecule has 0 radical (unpaired) electrons. The van der Waals surface area contributed by atoms with E-state index in [1.54, 1.807) is 13.2 Å². The molecular formula is C20H20N2O2. The highest BCUT2D eigenvalue weighted by molar-refractivity contribution is 6.01. The fourth-order valence-corrected chi connectivity index (χ4v) is 2.41. The molecule has 122 valence electrons. The van der Waals surface area contributed by atoms with Crippen LogP contribution in [0.3, 0.4) is 0 Å². The van der Waals surface area contributed by atoms with Crippen LogP contribution in [0.25, 0.3) is 6.08 Å². The number of hydrogen-bond donors (Lipinski definition) is 1. The molecule has 0 unspecified atom stereocenters. The van der Waals surface area contributed by atoms with Gasteiger partial charge in [0.05, 0.1) is 13.2 Å². The predicted octanol–water partition coefficient (Wildman–Crippen LogP) is 3.79. The Hall–Kier alpha value is -3.06. The van der Waals surface area contributed by atoms with E-state index in [1.165, 1.54) is 0 Å². The maximum atomic E-state index is 12.3. The lowest BCUT2D eigenvalue weighted by Crippen LogP contribution is -2.27. The maximum Gasteiger partial charge on any atom is 0.262 e. The summed E-state index contributed by atoms with van der Waals surface area (Å²) in [6.45, 7) is 3.81. The number of rotatable bonds is 5. The van der Waals surface area contributed by atoms with Crippen LogP contribution in [0.4, 0.5) is 0 Å². The van der Waals surface area contributed by atoms with Crippen molar-refractivity contribution < 1.29 is 9.53 Å².